The van der Waals surface area contributed by atoms with Crippen molar-refractivity contribution in [1.29, 1.82) is 0 Å². The minimum absolute atomic E-state index is 0.104. The van der Waals surface area contributed by atoms with Gasteiger partial charge in [-0.15, -0.1) is 0 Å². The van der Waals surface area contributed by atoms with Crippen LogP contribution in [0.5, 0.6) is 0 Å². The number of carbonyl (C=O) groups is 1. The van der Waals surface area contributed by atoms with Gasteiger partial charge in [0, 0.05) is 17.8 Å². The van der Waals surface area contributed by atoms with Crippen LogP contribution in [0.1, 0.15) is 12.5 Å². The number of hydrogen-bond acceptors (Lipinski definition) is 5. The smallest absolute Gasteiger partial charge is 0.418 e. The summed E-state index contributed by atoms with van der Waals surface area (Å²) in [5.74, 6) is -0.723. The van der Waals surface area contributed by atoms with Crippen molar-refractivity contribution in [2.75, 3.05) is 18.5 Å². The molecule has 0 fully saturated rings. The summed E-state index contributed by atoms with van der Waals surface area (Å²) in [6, 6.07) is 2.23. The Labute approximate surface area is 111 Å². The molecule has 0 aliphatic rings. The van der Waals surface area contributed by atoms with E-state index in [2.05, 4.69) is 10.1 Å². The molecule has 0 saturated heterocycles. The third-order valence-corrected chi connectivity index (χ3v) is 2.25. The first kappa shape index (κ1) is 15.7. The van der Waals surface area contributed by atoms with Gasteiger partial charge in [0.25, 0.3) is 5.69 Å². The van der Waals surface area contributed by atoms with Gasteiger partial charge in [-0.2, -0.15) is 13.2 Å². The Kier molecular flexibility index (Phi) is 4.89. The van der Waals surface area contributed by atoms with Crippen LogP contribution in [-0.2, 0) is 15.7 Å². The van der Waals surface area contributed by atoms with Gasteiger partial charge in [-0.25, -0.2) is 0 Å². The van der Waals surface area contributed by atoms with E-state index in [-0.39, 0.29) is 6.61 Å². The molecule has 1 rings (SSSR count). The number of anilines is 1. The zero-order valence-corrected chi connectivity index (χ0v) is 10.4. The number of nitro groups is 1. The van der Waals surface area contributed by atoms with E-state index in [9.17, 15) is 28.1 Å². The Bertz CT molecular complexity index is 517. The van der Waals surface area contributed by atoms with Crippen molar-refractivity contribution in [3.05, 3.63) is 33.9 Å². The van der Waals surface area contributed by atoms with E-state index in [1.54, 1.807) is 6.92 Å². The fourth-order valence-corrected chi connectivity index (χ4v) is 1.41. The first-order valence-corrected chi connectivity index (χ1v) is 5.50. The molecule has 1 N–H and O–H groups in total. The van der Waals surface area contributed by atoms with Gasteiger partial charge in [-0.05, 0) is 13.0 Å². The van der Waals surface area contributed by atoms with Crippen molar-refractivity contribution >= 4 is 17.3 Å². The van der Waals surface area contributed by atoms with Crippen LogP contribution in [-0.4, -0.2) is 24.0 Å². The molecule has 110 valence electrons. The molecule has 0 bridgehead atoms. The van der Waals surface area contributed by atoms with E-state index in [0.717, 1.165) is 12.1 Å². The van der Waals surface area contributed by atoms with Crippen molar-refractivity contribution in [2.45, 2.75) is 13.1 Å². The van der Waals surface area contributed by atoms with E-state index >= 15 is 0 Å². The van der Waals surface area contributed by atoms with Crippen molar-refractivity contribution < 1.29 is 27.6 Å². The molecule has 9 heteroatoms. The first-order valence-electron chi connectivity index (χ1n) is 5.50. The highest BCUT2D eigenvalue weighted by molar-refractivity contribution is 5.75. The molecule has 1 aromatic carbocycles. The van der Waals surface area contributed by atoms with Crippen LogP contribution >= 0.6 is 0 Å². The summed E-state index contributed by atoms with van der Waals surface area (Å²) in [6.45, 7) is 1.20. The molecule has 20 heavy (non-hydrogen) atoms. The first-order chi connectivity index (χ1) is 9.25. The van der Waals surface area contributed by atoms with Gasteiger partial charge in [0.2, 0.25) is 0 Å². The fourth-order valence-electron chi connectivity index (χ4n) is 1.41. The summed E-state index contributed by atoms with van der Waals surface area (Å²) in [5, 5.41) is 12.7. The van der Waals surface area contributed by atoms with Crippen LogP contribution in [0.4, 0.5) is 24.5 Å². The molecule has 6 nitrogen and oxygen atoms in total. The lowest BCUT2D eigenvalue weighted by Gasteiger charge is -2.13. The van der Waals surface area contributed by atoms with Crippen molar-refractivity contribution in [3.8, 4) is 0 Å². The summed E-state index contributed by atoms with van der Waals surface area (Å²) in [5.41, 5.74) is -2.31. The molecule has 0 amide bonds. The molecule has 0 aliphatic carbocycles. The number of alkyl halides is 3. The molecular formula is C11H11F3N2O4. The third-order valence-electron chi connectivity index (χ3n) is 2.25. The molecule has 0 radical (unpaired) electrons. The highest BCUT2D eigenvalue weighted by Gasteiger charge is 2.35. The predicted octanol–water partition coefficient (Wildman–Crippen LogP) is 2.59. The molecule has 1 aromatic rings. The third kappa shape index (κ3) is 4.11. The number of halogens is 3. The summed E-state index contributed by atoms with van der Waals surface area (Å²) >= 11 is 0. The van der Waals surface area contributed by atoms with E-state index in [1.165, 1.54) is 0 Å². The minimum Gasteiger partial charge on any atom is -0.465 e. The Morgan fingerprint density at radius 3 is 2.60 bits per heavy atom. The van der Waals surface area contributed by atoms with Gasteiger partial charge in [0.1, 0.15) is 6.54 Å². The summed E-state index contributed by atoms with van der Waals surface area (Å²) in [7, 11) is 0. The summed E-state index contributed by atoms with van der Waals surface area (Å²) < 4.78 is 42.9. The number of ether oxygens (including phenoxy) is 1. The number of hydrogen-bond donors (Lipinski definition) is 1. The average molecular weight is 292 g/mol. The van der Waals surface area contributed by atoms with Gasteiger partial charge in [0.15, 0.2) is 0 Å². The molecule has 0 spiro atoms. The largest absolute Gasteiger partial charge is 0.465 e. The molecule has 0 heterocycles. The Morgan fingerprint density at radius 2 is 2.10 bits per heavy atom. The quantitative estimate of drug-likeness (QED) is 0.512. The molecule has 0 atom stereocenters. The lowest BCUT2D eigenvalue weighted by atomic mass is 10.1. The van der Waals surface area contributed by atoms with E-state index < -0.39 is 40.6 Å². The number of nitrogens with zero attached hydrogens (tertiary/aromatic N) is 1. The van der Waals surface area contributed by atoms with E-state index in [4.69, 9.17) is 0 Å². The maximum atomic E-state index is 12.8. The van der Waals surface area contributed by atoms with Gasteiger partial charge in [0.05, 0.1) is 17.1 Å². The van der Waals surface area contributed by atoms with Crippen LogP contribution in [0.15, 0.2) is 18.2 Å². The fraction of sp³-hybridized carbons (Fsp3) is 0.364. The van der Waals surface area contributed by atoms with Crippen LogP contribution in [0, 0.1) is 10.1 Å². The maximum absolute atomic E-state index is 12.8. The van der Waals surface area contributed by atoms with Crippen molar-refractivity contribution in [2.24, 2.45) is 0 Å². The van der Waals surface area contributed by atoms with Crippen LogP contribution in [0.25, 0.3) is 0 Å². The van der Waals surface area contributed by atoms with E-state index in [1.807, 2.05) is 0 Å². The Hall–Kier alpha value is -2.32. The van der Waals surface area contributed by atoms with Crippen LogP contribution in [0.2, 0.25) is 0 Å². The Morgan fingerprint density at radius 1 is 1.45 bits per heavy atom. The van der Waals surface area contributed by atoms with Crippen molar-refractivity contribution in [1.82, 2.24) is 0 Å². The van der Waals surface area contributed by atoms with E-state index in [0.29, 0.717) is 6.07 Å². The Balaban J connectivity index is 3.01. The van der Waals surface area contributed by atoms with Gasteiger partial charge < -0.3 is 10.1 Å². The van der Waals surface area contributed by atoms with Gasteiger partial charge >= 0.3 is 12.1 Å². The second-order valence-corrected chi connectivity index (χ2v) is 3.64. The lowest BCUT2D eigenvalue weighted by molar-refractivity contribution is -0.385. The molecule has 0 aromatic heterocycles. The zero-order valence-electron chi connectivity index (χ0n) is 10.4. The highest BCUT2D eigenvalue weighted by atomic mass is 19.4. The normalized spacial score (nSPS) is 11.0. The standard InChI is InChI=1S/C11H11F3N2O4/c1-2-20-10(17)6-15-9-4-3-7(16(18)19)5-8(9)11(12,13)14/h3-5,15H,2,6H2,1H3. The number of non-ortho nitro benzene ring substituents is 1. The summed E-state index contributed by atoms with van der Waals surface area (Å²) in [4.78, 5) is 20.6. The topological polar surface area (TPSA) is 81.5 Å². The molecule has 0 aliphatic heterocycles. The lowest BCUT2D eigenvalue weighted by Crippen LogP contribution is -2.19. The highest BCUT2D eigenvalue weighted by Crippen LogP contribution is 2.36. The zero-order chi connectivity index (χ0) is 15.3. The molecule has 0 saturated carbocycles. The average Bonchev–Trinajstić information content (AvgIpc) is 2.35. The SMILES string of the molecule is CCOC(=O)CNc1ccc([N+](=O)[O-])cc1C(F)(F)F. The number of nitro benzene ring substituents is 1. The molecular weight excluding hydrogens is 281 g/mol. The number of esters is 1. The summed E-state index contributed by atoms with van der Waals surface area (Å²) in [6.07, 6.45) is -4.77. The van der Waals surface area contributed by atoms with Crippen molar-refractivity contribution in [3.63, 3.8) is 0 Å². The number of benzene rings is 1. The van der Waals surface area contributed by atoms with Gasteiger partial charge in [-0.1, -0.05) is 0 Å². The minimum atomic E-state index is -4.77. The maximum Gasteiger partial charge on any atom is 0.418 e. The molecule has 0 unspecified atom stereocenters. The monoisotopic (exact) mass is 292 g/mol. The van der Waals surface area contributed by atoms with Crippen LogP contribution < -0.4 is 5.32 Å². The van der Waals surface area contributed by atoms with Gasteiger partial charge in [-0.3, -0.25) is 14.9 Å². The second-order valence-electron chi connectivity index (χ2n) is 3.64. The predicted molar refractivity (Wildman–Crippen MR) is 63.2 cm³/mol. The number of nitrogens with one attached hydrogen (secondary N) is 1. The number of carbonyl (C=O) groups excluding carboxylic acids is 1. The number of rotatable bonds is 5. The second kappa shape index (κ2) is 6.22. The van der Waals surface area contributed by atoms with Crippen LogP contribution in [0.3, 0.4) is 0 Å².